The molecule has 1 aliphatic rings. The number of piperidine rings is 1. The Labute approximate surface area is 150 Å². The lowest BCUT2D eigenvalue weighted by Gasteiger charge is -2.32. The summed E-state index contributed by atoms with van der Waals surface area (Å²) in [5.74, 6) is 0.577. The zero-order chi connectivity index (χ0) is 18.1. The minimum atomic E-state index is -0.0533. The average Bonchev–Trinajstić information content (AvgIpc) is 3.09. The van der Waals surface area contributed by atoms with Crippen LogP contribution in [0.15, 0.2) is 36.9 Å². The second kappa shape index (κ2) is 6.72. The van der Waals surface area contributed by atoms with Crippen molar-refractivity contribution in [2.45, 2.75) is 12.8 Å². The van der Waals surface area contributed by atoms with Gasteiger partial charge in [-0.15, -0.1) is 0 Å². The molecule has 4 N–H and O–H groups in total. The first-order valence-corrected chi connectivity index (χ1v) is 8.71. The standard InChI is InChI=1S/C18H21N7O/c19-9-12-2-1-7-24(10-12)18(26)14-8-15(13-3-5-21-6-4-13)25-16(14)17(20)22-11-23-25/h3-6,8,11-12H,1-2,7,9-10,19H2,(H2,20,22,23). The Balaban J connectivity index is 1.81. The van der Waals surface area contributed by atoms with Crippen LogP contribution >= 0.6 is 0 Å². The number of hydrogen-bond acceptors (Lipinski definition) is 6. The average molecular weight is 351 g/mol. The van der Waals surface area contributed by atoms with Crippen molar-refractivity contribution in [2.75, 3.05) is 25.4 Å². The lowest BCUT2D eigenvalue weighted by molar-refractivity contribution is 0.0680. The Kier molecular flexibility index (Phi) is 4.26. The van der Waals surface area contributed by atoms with E-state index in [0.717, 1.165) is 30.6 Å². The van der Waals surface area contributed by atoms with E-state index in [2.05, 4.69) is 15.1 Å². The summed E-state index contributed by atoms with van der Waals surface area (Å²) in [6.45, 7) is 1.99. The van der Waals surface area contributed by atoms with E-state index in [4.69, 9.17) is 11.5 Å². The fourth-order valence-electron chi connectivity index (χ4n) is 3.57. The van der Waals surface area contributed by atoms with Gasteiger partial charge in [-0.25, -0.2) is 9.50 Å². The minimum absolute atomic E-state index is 0.0533. The maximum atomic E-state index is 13.2. The Hall–Kier alpha value is -3.00. The quantitative estimate of drug-likeness (QED) is 0.732. The molecular formula is C18H21N7O. The third kappa shape index (κ3) is 2.78. The number of aromatic nitrogens is 4. The number of nitrogens with two attached hydrogens (primary N) is 2. The molecule has 0 bridgehead atoms. The summed E-state index contributed by atoms with van der Waals surface area (Å²) < 4.78 is 1.68. The molecule has 1 amide bonds. The highest BCUT2D eigenvalue weighted by Gasteiger charge is 2.27. The monoisotopic (exact) mass is 351 g/mol. The van der Waals surface area contributed by atoms with Crippen LogP contribution in [0.5, 0.6) is 0 Å². The lowest BCUT2D eigenvalue weighted by Crippen LogP contribution is -2.42. The maximum Gasteiger partial charge on any atom is 0.256 e. The van der Waals surface area contributed by atoms with Gasteiger partial charge in [-0.3, -0.25) is 9.78 Å². The Morgan fingerprint density at radius 2 is 2.12 bits per heavy atom. The van der Waals surface area contributed by atoms with Gasteiger partial charge in [0.1, 0.15) is 11.8 Å². The predicted molar refractivity (Wildman–Crippen MR) is 98.3 cm³/mol. The topological polar surface area (TPSA) is 115 Å². The fourth-order valence-corrected chi connectivity index (χ4v) is 3.57. The second-order valence-corrected chi connectivity index (χ2v) is 6.58. The van der Waals surface area contributed by atoms with Gasteiger partial charge in [0.25, 0.3) is 5.91 Å². The van der Waals surface area contributed by atoms with Crippen molar-refractivity contribution in [3.8, 4) is 11.3 Å². The number of likely N-dealkylation sites (tertiary alicyclic amines) is 1. The molecule has 1 fully saturated rings. The number of hydrogen-bond donors (Lipinski definition) is 2. The predicted octanol–water partition coefficient (Wildman–Crippen LogP) is 1.18. The van der Waals surface area contributed by atoms with Crippen molar-refractivity contribution in [2.24, 2.45) is 11.7 Å². The van der Waals surface area contributed by atoms with Crippen LogP contribution in [0.3, 0.4) is 0 Å². The van der Waals surface area contributed by atoms with Gasteiger partial charge in [0, 0.05) is 31.0 Å². The summed E-state index contributed by atoms with van der Waals surface area (Å²) in [6, 6.07) is 5.59. The summed E-state index contributed by atoms with van der Waals surface area (Å²) in [5, 5.41) is 4.31. The van der Waals surface area contributed by atoms with Gasteiger partial charge in [-0.2, -0.15) is 5.10 Å². The molecule has 0 aromatic carbocycles. The van der Waals surface area contributed by atoms with Crippen LogP contribution < -0.4 is 11.5 Å². The SMILES string of the molecule is NCC1CCCN(C(=O)c2cc(-c3ccncc3)n3ncnc(N)c23)C1. The van der Waals surface area contributed by atoms with Gasteiger partial charge in [0.2, 0.25) is 0 Å². The molecule has 8 heteroatoms. The van der Waals surface area contributed by atoms with E-state index in [0.29, 0.717) is 30.1 Å². The van der Waals surface area contributed by atoms with Crippen molar-refractivity contribution in [3.05, 3.63) is 42.5 Å². The van der Waals surface area contributed by atoms with E-state index in [1.807, 2.05) is 23.1 Å². The fraction of sp³-hybridized carbons (Fsp3) is 0.333. The molecule has 4 rings (SSSR count). The van der Waals surface area contributed by atoms with Crippen LogP contribution in [0, 0.1) is 5.92 Å². The van der Waals surface area contributed by atoms with Gasteiger partial charge in [0.05, 0.1) is 11.3 Å². The third-order valence-electron chi connectivity index (χ3n) is 4.93. The first kappa shape index (κ1) is 16.5. The smallest absolute Gasteiger partial charge is 0.256 e. The van der Waals surface area contributed by atoms with Gasteiger partial charge in [-0.1, -0.05) is 0 Å². The van der Waals surface area contributed by atoms with Gasteiger partial charge < -0.3 is 16.4 Å². The molecule has 0 radical (unpaired) electrons. The number of pyridine rings is 1. The Morgan fingerprint density at radius 3 is 2.88 bits per heavy atom. The molecular weight excluding hydrogens is 330 g/mol. The van der Waals surface area contributed by atoms with E-state index in [-0.39, 0.29) is 11.7 Å². The number of nitrogens with zero attached hydrogens (tertiary/aromatic N) is 5. The lowest BCUT2D eigenvalue weighted by atomic mass is 9.97. The number of amides is 1. The molecule has 1 unspecified atom stereocenters. The zero-order valence-electron chi connectivity index (χ0n) is 14.4. The Bertz CT molecular complexity index is 937. The first-order valence-electron chi connectivity index (χ1n) is 8.71. The molecule has 0 aliphatic carbocycles. The summed E-state index contributed by atoms with van der Waals surface area (Å²) in [7, 11) is 0. The second-order valence-electron chi connectivity index (χ2n) is 6.58. The molecule has 0 saturated carbocycles. The van der Waals surface area contributed by atoms with E-state index >= 15 is 0 Å². The summed E-state index contributed by atoms with van der Waals surface area (Å²) in [4.78, 5) is 23.2. The summed E-state index contributed by atoms with van der Waals surface area (Å²) >= 11 is 0. The number of fused-ring (bicyclic) bond motifs is 1. The normalized spacial score (nSPS) is 17.6. The first-order chi connectivity index (χ1) is 12.7. The Morgan fingerprint density at radius 1 is 1.31 bits per heavy atom. The van der Waals surface area contributed by atoms with Crippen LogP contribution in [0.25, 0.3) is 16.8 Å². The minimum Gasteiger partial charge on any atom is -0.382 e. The van der Waals surface area contributed by atoms with Crippen molar-refractivity contribution < 1.29 is 4.79 Å². The molecule has 134 valence electrons. The molecule has 3 aromatic rings. The van der Waals surface area contributed by atoms with Crippen LogP contribution in [0.2, 0.25) is 0 Å². The molecule has 0 spiro atoms. The van der Waals surface area contributed by atoms with Crippen LogP contribution in [0.4, 0.5) is 5.82 Å². The zero-order valence-corrected chi connectivity index (χ0v) is 14.4. The van der Waals surface area contributed by atoms with Gasteiger partial charge in [0.15, 0.2) is 5.82 Å². The molecule has 26 heavy (non-hydrogen) atoms. The number of carbonyl (C=O) groups is 1. The van der Waals surface area contributed by atoms with E-state index < -0.39 is 0 Å². The third-order valence-corrected chi connectivity index (χ3v) is 4.93. The number of nitrogen functional groups attached to an aromatic ring is 1. The van der Waals surface area contributed by atoms with Gasteiger partial charge >= 0.3 is 0 Å². The molecule has 1 aliphatic heterocycles. The van der Waals surface area contributed by atoms with E-state index in [1.165, 1.54) is 6.33 Å². The molecule has 4 heterocycles. The summed E-state index contributed by atoms with van der Waals surface area (Å²) in [5.41, 5.74) is 14.7. The van der Waals surface area contributed by atoms with E-state index in [1.54, 1.807) is 16.9 Å². The maximum absolute atomic E-state index is 13.2. The number of carbonyl (C=O) groups excluding carboxylic acids is 1. The highest BCUT2D eigenvalue weighted by atomic mass is 16.2. The number of anilines is 1. The van der Waals surface area contributed by atoms with E-state index in [9.17, 15) is 4.79 Å². The van der Waals surface area contributed by atoms with Crippen molar-refractivity contribution in [3.63, 3.8) is 0 Å². The van der Waals surface area contributed by atoms with Crippen LogP contribution in [-0.2, 0) is 0 Å². The molecule has 3 aromatic heterocycles. The van der Waals surface area contributed by atoms with Crippen molar-refractivity contribution in [1.82, 2.24) is 24.5 Å². The largest absolute Gasteiger partial charge is 0.382 e. The molecule has 8 nitrogen and oxygen atoms in total. The highest BCUT2D eigenvalue weighted by Crippen LogP contribution is 2.29. The van der Waals surface area contributed by atoms with Gasteiger partial charge in [-0.05, 0) is 43.5 Å². The van der Waals surface area contributed by atoms with Crippen molar-refractivity contribution >= 4 is 17.2 Å². The van der Waals surface area contributed by atoms with Crippen molar-refractivity contribution in [1.29, 1.82) is 0 Å². The molecule has 1 atom stereocenters. The highest BCUT2D eigenvalue weighted by molar-refractivity contribution is 6.05. The summed E-state index contributed by atoms with van der Waals surface area (Å²) in [6.07, 6.45) is 6.83. The number of rotatable bonds is 3. The molecule has 1 saturated heterocycles. The van der Waals surface area contributed by atoms with Crippen LogP contribution in [-0.4, -0.2) is 50.0 Å². The van der Waals surface area contributed by atoms with Crippen LogP contribution in [0.1, 0.15) is 23.2 Å².